The lowest BCUT2D eigenvalue weighted by molar-refractivity contribution is -0.164. The summed E-state index contributed by atoms with van der Waals surface area (Å²) in [5, 5.41) is 0. The lowest BCUT2D eigenvalue weighted by Gasteiger charge is -2.50. The van der Waals surface area contributed by atoms with Crippen LogP contribution in [0, 0.1) is 5.92 Å². The molecular formula is C17H22N2O4. The Labute approximate surface area is 136 Å². The van der Waals surface area contributed by atoms with Gasteiger partial charge in [-0.1, -0.05) is 30.3 Å². The number of likely N-dealkylation sites (tertiary alicyclic amines) is 2. The van der Waals surface area contributed by atoms with Crippen LogP contribution in [0.4, 0.5) is 4.79 Å². The molecule has 1 aromatic carbocycles. The summed E-state index contributed by atoms with van der Waals surface area (Å²) in [5.74, 6) is -0.0696. The summed E-state index contributed by atoms with van der Waals surface area (Å²) in [6, 6.07) is 9.56. The topological polar surface area (TPSA) is 59.1 Å². The molecule has 2 aliphatic heterocycles. The van der Waals surface area contributed by atoms with Crippen molar-refractivity contribution in [3.05, 3.63) is 35.9 Å². The molecule has 0 N–H and O–H groups in total. The molecule has 2 amide bonds. The van der Waals surface area contributed by atoms with Crippen LogP contribution in [0.3, 0.4) is 0 Å². The minimum absolute atomic E-state index is 0.101. The van der Waals surface area contributed by atoms with Crippen LogP contribution in [0.5, 0.6) is 0 Å². The van der Waals surface area contributed by atoms with Gasteiger partial charge in [-0.2, -0.15) is 0 Å². The van der Waals surface area contributed by atoms with E-state index in [1.54, 1.807) is 24.0 Å². The Morgan fingerprint density at radius 1 is 1.30 bits per heavy atom. The number of ether oxygens (including phenoxy) is 2. The molecule has 0 spiro atoms. The van der Waals surface area contributed by atoms with E-state index in [9.17, 15) is 9.59 Å². The predicted octanol–water partition coefficient (Wildman–Crippen LogP) is 1.50. The maximum atomic E-state index is 12.2. The van der Waals surface area contributed by atoms with Gasteiger partial charge < -0.3 is 19.3 Å². The predicted molar refractivity (Wildman–Crippen MR) is 83.7 cm³/mol. The van der Waals surface area contributed by atoms with Crippen molar-refractivity contribution in [1.82, 2.24) is 9.80 Å². The third-order valence-electron chi connectivity index (χ3n) is 4.85. The fraction of sp³-hybridized carbons (Fsp3) is 0.529. The lowest BCUT2D eigenvalue weighted by Crippen LogP contribution is -2.68. The maximum absolute atomic E-state index is 12.2. The number of benzene rings is 1. The molecule has 6 nitrogen and oxygen atoms in total. The van der Waals surface area contributed by atoms with E-state index >= 15 is 0 Å². The first-order valence-corrected chi connectivity index (χ1v) is 7.81. The zero-order valence-corrected chi connectivity index (χ0v) is 13.5. The average molecular weight is 318 g/mol. The highest BCUT2D eigenvalue weighted by Crippen LogP contribution is 2.38. The Morgan fingerprint density at radius 3 is 2.57 bits per heavy atom. The summed E-state index contributed by atoms with van der Waals surface area (Å²) in [5.41, 5.74) is 0.389. The Balaban J connectivity index is 1.54. The monoisotopic (exact) mass is 318 g/mol. The molecule has 23 heavy (non-hydrogen) atoms. The summed E-state index contributed by atoms with van der Waals surface area (Å²) >= 11 is 0. The van der Waals surface area contributed by atoms with Gasteiger partial charge >= 0.3 is 6.09 Å². The quantitative estimate of drug-likeness (QED) is 0.844. The fourth-order valence-corrected chi connectivity index (χ4v) is 3.34. The molecule has 124 valence electrons. The molecule has 1 aromatic rings. The molecule has 2 heterocycles. The van der Waals surface area contributed by atoms with E-state index in [-0.39, 0.29) is 24.5 Å². The molecule has 2 fully saturated rings. The first kappa shape index (κ1) is 15.8. The van der Waals surface area contributed by atoms with Crippen LogP contribution in [0.15, 0.2) is 30.3 Å². The van der Waals surface area contributed by atoms with E-state index in [2.05, 4.69) is 0 Å². The lowest BCUT2D eigenvalue weighted by atomic mass is 9.79. The van der Waals surface area contributed by atoms with Gasteiger partial charge in [-0.3, -0.25) is 4.79 Å². The molecule has 2 aliphatic rings. The van der Waals surface area contributed by atoms with Crippen LogP contribution in [-0.4, -0.2) is 61.2 Å². The Bertz CT molecular complexity index is 584. The van der Waals surface area contributed by atoms with Gasteiger partial charge in [0.1, 0.15) is 12.2 Å². The average Bonchev–Trinajstić information content (AvgIpc) is 2.86. The van der Waals surface area contributed by atoms with Crippen molar-refractivity contribution in [3.63, 3.8) is 0 Å². The van der Waals surface area contributed by atoms with Crippen LogP contribution in [-0.2, 0) is 20.9 Å². The summed E-state index contributed by atoms with van der Waals surface area (Å²) in [6.07, 6.45) is 0.413. The van der Waals surface area contributed by atoms with Gasteiger partial charge in [0.25, 0.3) is 0 Å². The fourth-order valence-electron chi connectivity index (χ4n) is 3.34. The first-order valence-electron chi connectivity index (χ1n) is 7.81. The van der Waals surface area contributed by atoms with Crippen molar-refractivity contribution in [1.29, 1.82) is 0 Å². The van der Waals surface area contributed by atoms with Gasteiger partial charge in [0.05, 0.1) is 19.0 Å². The van der Waals surface area contributed by atoms with Gasteiger partial charge in [0.2, 0.25) is 5.91 Å². The van der Waals surface area contributed by atoms with Gasteiger partial charge in [0.15, 0.2) is 0 Å². The molecular weight excluding hydrogens is 296 g/mol. The van der Waals surface area contributed by atoms with Crippen molar-refractivity contribution in [2.45, 2.75) is 18.6 Å². The second kappa shape index (κ2) is 6.20. The van der Waals surface area contributed by atoms with E-state index < -0.39 is 5.60 Å². The Hall–Kier alpha value is -2.08. The summed E-state index contributed by atoms with van der Waals surface area (Å²) in [7, 11) is 3.41. The zero-order valence-electron chi connectivity index (χ0n) is 13.5. The van der Waals surface area contributed by atoms with Crippen LogP contribution in [0.25, 0.3) is 0 Å². The standard InChI is InChI=1S/C17H22N2O4/c1-18-9-8-14(15(18)20)17(22-2)11-19(12-17)16(21)23-10-13-6-4-3-5-7-13/h3-7,14H,8-12H2,1-2H3. The molecule has 0 saturated carbocycles. The van der Waals surface area contributed by atoms with Crippen LogP contribution in [0.2, 0.25) is 0 Å². The molecule has 3 rings (SSSR count). The summed E-state index contributed by atoms with van der Waals surface area (Å²) in [6.45, 7) is 1.80. The number of hydrogen-bond acceptors (Lipinski definition) is 4. The van der Waals surface area contributed by atoms with E-state index in [1.807, 2.05) is 30.3 Å². The zero-order chi connectivity index (χ0) is 16.4. The molecule has 0 radical (unpaired) electrons. The largest absolute Gasteiger partial charge is 0.445 e. The third kappa shape index (κ3) is 2.91. The maximum Gasteiger partial charge on any atom is 0.410 e. The Kier molecular flexibility index (Phi) is 4.26. The van der Waals surface area contributed by atoms with Crippen molar-refractivity contribution in [2.75, 3.05) is 33.8 Å². The summed E-state index contributed by atoms with van der Waals surface area (Å²) < 4.78 is 10.9. The number of hydrogen-bond donors (Lipinski definition) is 0. The van der Waals surface area contributed by atoms with Gasteiger partial charge in [0, 0.05) is 20.7 Å². The van der Waals surface area contributed by atoms with Gasteiger partial charge in [-0.05, 0) is 12.0 Å². The number of amides is 2. The minimum atomic E-state index is -0.562. The molecule has 1 unspecified atom stereocenters. The first-order chi connectivity index (χ1) is 11.1. The number of methoxy groups -OCH3 is 1. The number of carbonyl (C=O) groups is 2. The van der Waals surface area contributed by atoms with Crippen LogP contribution >= 0.6 is 0 Å². The van der Waals surface area contributed by atoms with E-state index in [4.69, 9.17) is 9.47 Å². The highest BCUT2D eigenvalue weighted by molar-refractivity contribution is 5.82. The van der Waals surface area contributed by atoms with Crippen molar-refractivity contribution >= 4 is 12.0 Å². The smallest absolute Gasteiger partial charge is 0.410 e. The highest BCUT2D eigenvalue weighted by Gasteiger charge is 2.56. The number of rotatable bonds is 4. The number of nitrogens with zero attached hydrogens (tertiary/aromatic N) is 2. The second-order valence-electron chi connectivity index (χ2n) is 6.27. The SMILES string of the molecule is COC1(C2CCN(C)C2=O)CN(C(=O)OCc2ccccc2)C1. The molecule has 1 atom stereocenters. The second-order valence-corrected chi connectivity index (χ2v) is 6.27. The molecule has 2 saturated heterocycles. The van der Waals surface area contributed by atoms with E-state index in [1.165, 1.54) is 0 Å². The normalized spacial score (nSPS) is 22.9. The molecule has 0 aromatic heterocycles. The van der Waals surface area contributed by atoms with E-state index in [0.717, 1.165) is 18.5 Å². The van der Waals surface area contributed by atoms with Crippen LogP contribution in [0.1, 0.15) is 12.0 Å². The third-order valence-corrected chi connectivity index (χ3v) is 4.85. The van der Waals surface area contributed by atoms with Crippen molar-refractivity contribution in [3.8, 4) is 0 Å². The highest BCUT2D eigenvalue weighted by atomic mass is 16.6. The van der Waals surface area contributed by atoms with Crippen molar-refractivity contribution < 1.29 is 19.1 Å². The molecule has 6 heteroatoms. The molecule has 0 bridgehead atoms. The molecule has 0 aliphatic carbocycles. The van der Waals surface area contributed by atoms with Gasteiger partial charge in [-0.25, -0.2) is 4.79 Å². The number of carbonyl (C=O) groups excluding carboxylic acids is 2. The Morgan fingerprint density at radius 2 is 2.00 bits per heavy atom. The summed E-state index contributed by atoms with van der Waals surface area (Å²) in [4.78, 5) is 27.6. The van der Waals surface area contributed by atoms with Crippen molar-refractivity contribution in [2.24, 2.45) is 5.92 Å². The van der Waals surface area contributed by atoms with Gasteiger partial charge in [-0.15, -0.1) is 0 Å². The van der Waals surface area contributed by atoms with Crippen LogP contribution < -0.4 is 0 Å². The minimum Gasteiger partial charge on any atom is -0.445 e. The van der Waals surface area contributed by atoms with E-state index in [0.29, 0.717) is 13.1 Å².